The number of hydrogen-bond donors (Lipinski definition) is 0. The van der Waals surface area contributed by atoms with E-state index in [2.05, 4.69) is 159 Å². The van der Waals surface area contributed by atoms with Crippen molar-refractivity contribution in [3.8, 4) is 11.4 Å². The fraction of sp³-hybridized carbons (Fsp3) is 0.433. The van der Waals surface area contributed by atoms with Gasteiger partial charge < -0.3 is 0 Å². The van der Waals surface area contributed by atoms with Crippen molar-refractivity contribution >= 4 is 45.2 Å². The molecule has 0 N–H and O–H groups in total. The first kappa shape index (κ1) is 29.1. The summed E-state index contributed by atoms with van der Waals surface area (Å²) in [6, 6.07) is 9.51. The Morgan fingerprint density at radius 1 is 0.686 bits per heavy atom. The van der Waals surface area contributed by atoms with Crippen molar-refractivity contribution in [1.29, 1.82) is 0 Å². The van der Waals surface area contributed by atoms with Crippen molar-refractivity contribution in [2.24, 2.45) is 0 Å². The van der Waals surface area contributed by atoms with Gasteiger partial charge in [-0.05, 0) is 0 Å². The zero-order chi connectivity index (χ0) is 26.0. The van der Waals surface area contributed by atoms with Gasteiger partial charge in [0.1, 0.15) is 0 Å². The normalized spacial score (nSPS) is 12.1. The molecule has 0 spiro atoms. The van der Waals surface area contributed by atoms with Gasteiger partial charge in [-0.25, -0.2) is 0 Å². The molecule has 0 unspecified atom stereocenters. The first-order valence-electron chi connectivity index (χ1n) is 12.4. The van der Waals surface area contributed by atoms with Crippen molar-refractivity contribution in [3.05, 3.63) is 82.6 Å². The zero-order valence-corrected chi connectivity index (χ0v) is 28.1. The predicted octanol–water partition coefficient (Wildman–Crippen LogP) is 10.2. The summed E-state index contributed by atoms with van der Waals surface area (Å²) in [5.74, 6) is 1.79. The summed E-state index contributed by atoms with van der Waals surface area (Å²) < 4.78 is 9.01. The van der Waals surface area contributed by atoms with Crippen LogP contribution in [0.1, 0.15) is 101 Å². The van der Waals surface area contributed by atoms with E-state index < -0.39 is 0 Å². The van der Waals surface area contributed by atoms with Crippen LogP contribution in [0.5, 0.6) is 0 Å². The molecule has 3 aromatic rings. The molecule has 0 aliphatic carbocycles. The Bertz CT molecular complexity index is 1130. The third-order valence-electron chi connectivity index (χ3n) is 6.23. The number of nitrogens with zero attached hydrogens (tertiary/aromatic N) is 2. The number of rotatable bonds is 8. The molecule has 0 atom stereocenters. The summed E-state index contributed by atoms with van der Waals surface area (Å²) in [7, 11) is 0. The van der Waals surface area contributed by atoms with E-state index in [1.807, 2.05) is 0 Å². The average molecular weight is 788 g/mol. The van der Waals surface area contributed by atoms with E-state index in [0.717, 1.165) is 4.89 Å². The summed E-state index contributed by atoms with van der Waals surface area (Å²) in [5, 5.41) is 0. The first-order valence-corrected chi connectivity index (χ1v) is 16.4. The summed E-state index contributed by atoms with van der Waals surface area (Å²) >= 11 is 5.35. The molecule has 0 aliphatic heterocycles. The molecule has 3 rings (SSSR count). The predicted molar refractivity (Wildman–Crippen MR) is 165 cm³/mol. The second-order valence-corrected chi connectivity index (χ2v) is 14.7. The molecule has 2 nitrogen and oxygen atoms in total. The van der Waals surface area contributed by atoms with Crippen LogP contribution >= 0.6 is 45.2 Å². The molecule has 35 heavy (non-hydrogen) atoms. The van der Waals surface area contributed by atoms with E-state index in [4.69, 9.17) is 0 Å². The van der Waals surface area contributed by atoms with Crippen LogP contribution in [0.15, 0.2) is 49.3 Å². The summed E-state index contributed by atoms with van der Waals surface area (Å²) in [6.07, 6.45) is 6.68. The molecular formula is C30H39I2N2Pd. The Hall–Kier alpha value is -0.488. The van der Waals surface area contributed by atoms with Crippen molar-refractivity contribution in [2.75, 3.05) is 0 Å². The first-order chi connectivity index (χ1) is 16.5. The van der Waals surface area contributed by atoms with Gasteiger partial charge in [-0.3, -0.25) is 0 Å². The number of benzene rings is 2. The quantitative estimate of drug-likeness (QED) is 0.122. The molecule has 193 valence electrons. The van der Waals surface area contributed by atoms with Gasteiger partial charge in [0.15, 0.2) is 0 Å². The van der Waals surface area contributed by atoms with Gasteiger partial charge in [-0.15, -0.1) is 0 Å². The second kappa shape index (κ2) is 12.4. The van der Waals surface area contributed by atoms with Gasteiger partial charge in [0.25, 0.3) is 0 Å². The van der Waals surface area contributed by atoms with E-state index in [1.54, 1.807) is 0 Å². The Labute approximate surface area is 247 Å². The number of halogens is 2. The van der Waals surface area contributed by atoms with Gasteiger partial charge >= 0.3 is 250 Å². The van der Waals surface area contributed by atoms with Crippen molar-refractivity contribution < 1.29 is 17.5 Å². The van der Waals surface area contributed by atoms with Crippen LogP contribution in [0.2, 0.25) is 4.89 Å². The van der Waals surface area contributed by atoms with E-state index >= 15 is 0 Å². The Morgan fingerprint density at radius 3 is 1.26 bits per heavy atom. The Morgan fingerprint density at radius 2 is 1.00 bits per heavy atom. The van der Waals surface area contributed by atoms with E-state index in [-0.39, 0.29) is 0 Å². The summed E-state index contributed by atoms with van der Waals surface area (Å²) in [5.41, 5.74) is 8.43. The van der Waals surface area contributed by atoms with Gasteiger partial charge in [-0.2, -0.15) is 0 Å². The van der Waals surface area contributed by atoms with Crippen LogP contribution in [0.25, 0.3) is 11.4 Å². The maximum atomic E-state index is 4.06. The molecule has 1 aromatic heterocycles. The molecule has 0 saturated carbocycles. The van der Waals surface area contributed by atoms with E-state index in [1.165, 1.54) is 44.7 Å². The topological polar surface area (TPSA) is 9.86 Å². The Balaban J connectivity index is 2.50. The fourth-order valence-electron chi connectivity index (χ4n) is 4.50. The molecule has 0 bridgehead atoms. The molecule has 2 aromatic carbocycles. The molecule has 0 saturated heterocycles. The number of imidazole rings is 1. The monoisotopic (exact) mass is 787 g/mol. The van der Waals surface area contributed by atoms with Crippen molar-refractivity contribution in [3.63, 3.8) is 0 Å². The van der Waals surface area contributed by atoms with Crippen molar-refractivity contribution in [2.45, 2.75) is 84.0 Å². The fourth-order valence-corrected chi connectivity index (χ4v) is 7.45. The molecule has 0 aliphatic rings. The minimum atomic E-state index is 0.390. The van der Waals surface area contributed by atoms with Gasteiger partial charge in [0, 0.05) is 0 Å². The van der Waals surface area contributed by atoms with Crippen LogP contribution < -0.4 is 0 Å². The minimum absolute atomic E-state index is 0.390. The molecule has 1 heterocycles. The Kier molecular flexibility index (Phi) is 10.3. The van der Waals surface area contributed by atoms with Crippen LogP contribution in [0.3, 0.4) is 0 Å². The second-order valence-electron chi connectivity index (χ2n) is 10.3. The van der Waals surface area contributed by atoms with Gasteiger partial charge in [0.05, 0.1) is 0 Å². The SMILES string of the molecule is C=C[CH2][Pd]=[c]1n(-c2c(C(C)C)cc(I)cc2C(C)C)ccn1-c1c(C(C)C)cc(I)cc1C(C)C. The van der Waals surface area contributed by atoms with E-state index in [0.29, 0.717) is 41.2 Å². The zero-order valence-electron chi connectivity index (χ0n) is 22.2. The van der Waals surface area contributed by atoms with Crippen LogP contribution in [0, 0.1) is 11.0 Å². The third kappa shape index (κ3) is 6.33. The number of allylic oxidation sites excluding steroid dienone is 1. The number of hydrogen-bond acceptors (Lipinski definition) is 0. The average Bonchev–Trinajstić information content (AvgIpc) is 3.19. The van der Waals surface area contributed by atoms with Gasteiger partial charge in [0.2, 0.25) is 0 Å². The van der Waals surface area contributed by atoms with Crippen LogP contribution in [0.4, 0.5) is 0 Å². The maximum absolute atomic E-state index is 4.06. The molecular weight excluding hydrogens is 749 g/mol. The van der Waals surface area contributed by atoms with Crippen molar-refractivity contribution in [1.82, 2.24) is 9.13 Å². The van der Waals surface area contributed by atoms with Gasteiger partial charge in [-0.1, -0.05) is 0 Å². The molecule has 0 fully saturated rings. The third-order valence-corrected chi connectivity index (χ3v) is 9.48. The standard InChI is InChI=1S/C27H34I2N2.C3H5.Pd/c1-16(2)22-11-20(28)12-23(17(3)4)26(22)30-9-10-31(15-30)27-24(18(5)6)13-21(29)14-25(27)19(7)8;1-3-2;/h9-14,16-19H,1-8H3;3H,1-2H2;. The summed E-state index contributed by atoms with van der Waals surface area (Å²) in [4.78, 5) is 0.995. The van der Waals surface area contributed by atoms with Crippen LogP contribution in [-0.2, 0) is 17.5 Å². The number of aromatic nitrogens is 2. The molecule has 5 heteroatoms. The molecule has 0 radical (unpaired) electrons. The summed E-state index contributed by atoms with van der Waals surface area (Å²) in [6.45, 7) is 22.6. The van der Waals surface area contributed by atoms with E-state index in [9.17, 15) is 0 Å². The molecule has 0 amide bonds. The van der Waals surface area contributed by atoms with Crippen LogP contribution in [-0.4, -0.2) is 9.13 Å².